The third-order valence-electron chi connectivity index (χ3n) is 3.38. The number of hydrogen-bond donors (Lipinski definition) is 4. The van der Waals surface area contributed by atoms with E-state index >= 15 is 0 Å². The summed E-state index contributed by atoms with van der Waals surface area (Å²) in [5.74, 6) is 0.185. The van der Waals surface area contributed by atoms with Gasteiger partial charge in [-0.15, -0.1) is 0 Å². The molecule has 1 fully saturated rings. The van der Waals surface area contributed by atoms with Gasteiger partial charge in [0.15, 0.2) is 0 Å². The highest BCUT2D eigenvalue weighted by Crippen LogP contribution is 2.37. The van der Waals surface area contributed by atoms with Crippen LogP contribution >= 0.6 is 0 Å². The average molecular weight is 249 g/mol. The minimum Gasteiger partial charge on any atom is -0.409 e. The molecule has 0 aromatic heterocycles. The lowest BCUT2D eigenvalue weighted by atomic mass is 10.0. The van der Waals surface area contributed by atoms with E-state index in [0.717, 1.165) is 18.4 Å². The second-order valence-electron chi connectivity index (χ2n) is 4.84. The Bertz CT molecular complexity index is 416. The Morgan fingerprint density at radius 2 is 2.06 bits per heavy atom. The molecule has 0 saturated heterocycles. The van der Waals surface area contributed by atoms with Crippen LogP contribution in [-0.4, -0.2) is 28.3 Å². The van der Waals surface area contributed by atoms with Crippen molar-refractivity contribution in [2.24, 2.45) is 10.9 Å². The van der Waals surface area contributed by atoms with Gasteiger partial charge in [0.2, 0.25) is 0 Å². The summed E-state index contributed by atoms with van der Waals surface area (Å²) in [7, 11) is 0. The Hall–Kier alpha value is -1.59. The van der Waals surface area contributed by atoms with Gasteiger partial charge in [0, 0.05) is 18.0 Å². The minimum absolute atomic E-state index is 0.0447. The van der Waals surface area contributed by atoms with Crippen molar-refractivity contribution < 1.29 is 10.3 Å². The lowest BCUT2D eigenvalue weighted by Gasteiger charge is -2.24. The predicted octanol–water partition coefficient (Wildman–Crippen LogP) is 0.979. The van der Waals surface area contributed by atoms with Gasteiger partial charge in [0.25, 0.3) is 0 Å². The van der Waals surface area contributed by atoms with E-state index in [-0.39, 0.29) is 24.0 Å². The minimum atomic E-state index is -0.184. The van der Waals surface area contributed by atoms with Crippen LogP contribution in [0.5, 0.6) is 0 Å². The predicted molar refractivity (Wildman–Crippen MR) is 69.4 cm³/mol. The van der Waals surface area contributed by atoms with Gasteiger partial charge in [-0.1, -0.05) is 35.5 Å². The van der Waals surface area contributed by atoms with Gasteiger partial charge in [0.1, 0.15) is 5.84 Å². The Balaban J connectivity index is 2.13. The van der Waals surface area contributed by atoms with Crippen LogP contribution in [0.2, 0.25) is 0 Å². The first-order valence-corrected chi connectivity index (χ1v) is 6.09. The molecule has 1 atom stereocenters. The summed E-state index contributed by atoms with van der Waals surface area (Å²) >= 11 is 0. The summed E-state index contributed by atoms with van der Waals surface area (Å²) in [5.41, 5.74) is 6.48. The third kappa shape index (κ3) is 3.00. The van der Waals surface area contributed by atoms with Crippen molar-refractivity contribution in [3.63, 3.8) is 0 Å². The Kier molecular flexibility index (Phi) is 3.84. The molecule has 98 valence electrons. The molecule has 0 bridgehead atoms. The topological polar surface area (TPSA) is 90.9 Å². The van der Waals surface area contributed by atoms with Crippen LogP contribution < -0.4 is 11.1 Å². The number of benzene rings is 1. The molecule has 1 aromatic carbocycles. The molecule has 1 aromatic rings. The van der Waals surface area contributed by atoms with E-state index in [1.807, 2.05) is 30.3 Å². The number of hydrogen-bond acceptors (Lipinski definition) is 4. The molecule has 5 heteroatoms. The van der Waals surface area contributed by atoms with Crippen molar-refractivity contribution in [3.8, 4) is 0 Å². The largest absolute Gasteiger partial charge is 0.409 e. The lowest BCUT2D eigenvalue weighted by Crippen LogP contribution is -2.39. The quantitative estimate of drug-likeness (QED) is 0.262. The van der Waals surface area contributed by atoms with Gasteiger partial charge >= 0.3 is 0 Å². The number of aliphatic hydroxyl groups excluding tert-OH is 1. The zero-order valence-corrected chi connectivity index (χ0v) is 10.2. The first-order chi connectivity index (χ1) is 8.69. The van der Waals surface area contributed by atoms with Crippen LogP contribution in [0.1, 0.15) is 30.9 Å². The maximum absolute atomic E-state index is 9.37. The molecule has 0 aliphatic heterocycles. The number of nitrogens with two attached hydrogens (primary N) is 1. The molecule has 0 spiro atoms. The van der Waals surface area contributed by atoms with E-state index in [1.54, 1.807) is 0 Å². The summed E-state index contributed by atoms with van der Waals surface area (Å²) in [6.07, 6.45) is 2.34. The summed E-state index contributed by atoms with van der Waals surface area (Å²) in [5, 5.41) is 24.5. The standard InChI is InChI=1S/C13H19N3O2/c14-12(16-18)8-11(10-4-2-1-3-5-10)15-13(9-17)6-7-13/h1-5,11,15,17-18H,6-9H2,(H2,14,16). The number of oxime groups is 1. The van der Waals surface area contributed by atoms with E-state index in [9.17, 15) is 5.11 Å². The highest BCUT2D eigenvalue weighted by atomic mass is 16.4. The van der Waals surface area contributed by atoms with Gasteiger partial charge in [-0.2, -0.15) is 0 Å². The van der Waals surface area contributed by atoms with E-state index in [2.05, 4.69) is 10.5 Å². The van der Waals surface area contributed by atoms with Crippen LogP contribution in [0.3, 0.4) is 0 Å². The summed E-state index contributed by atoms with van der Waals surface area (Å²) in [6.45, 7) is 0.118. The molecular formula is C13H19N3O2. The third-order valence-corrected chi connectivity index (χ3v) is 3.38. The molecule has 18 heavy (non-hydrogen) atoms. The molecule has 0 amide bonds. The first kappa shape index (κ1) is 12.9. The van der Waals surface area contributed by atoms with Crippen LogP contribution in [0.15, 0.2) is 35.5 Å². The Labute approximate surface area is 106 Å². The number of aliphatic hydroxyl groups is 1. The number of amidine groups is 1. The van der Waals surface area contributed by atoms with Crippen molar-refractivity contribution in [3.05, 3.63) is 35.9 Å². The Morgan fingerprint density at radius 1 is 1.39 bits per heavy atom. The van der Waals surface area contributed by atoms with Gasteiger partial charge in [-0.3, -0.25) is 0 Å². The number of nitrogens with one attached hydrogen (secondary N) is 1. The number of rotatable bonds is 6. The molecule has 0 radical (unpaired) electrons. The molecular weight excluding hydrogens is 230 g/mol. The summed E-state index contributed by atoms with van der Waals surface area (Å²) in [6, 6.07) is 9.80. The lowest BCUT2D eigenvalue weighted by molar-refractivity contribution is 0.218. The fourth-order valence-corrected chi connectivity index (χ4v) is 2.06. The van der Waals surface area contributed by atoms with Crippen molar-refractivity contribution in [1.29, 1.82) is 0 Å². The van der Waals surface area contributed by atoms with Crippen molar-refractivity contribution in [2.75, 3.05) is 6.61 Å². The summed E-state index contributed by atoms with van der Waals surface area (Å²) in [4.78, 5) is 0. The second-order valence-corrected chi connectivity index (χ2v) is 4.84. The van der Waals surface area contributed by atoms with Crippen LogP contribution in [-0.2, 0) is 0 Å². The molecule has 1 unspecified atom stereocenters. The van der Waals surface area contributed by atoms with Crippen LogP contribution in [0, 0.1) is 0 Å². The van der Waals surface area contributed by atoms with Crippen molar-refractivity contribution in [2.45, 2.75) is 30.8 Å². The highest BCUT2D eigenvalue weighted by molar-refractivity contribution is 5.80. The normalized spacial score (nSPS) is 19.5. The number of nitrogens with zero attached hydrogens (tertiary/aromatic N) is 1. The fraction of sp³-hybridized carbons (Fsp3) is 0.462. The maximum atomic E-state index is 9.37. The maximum Gasteiger partial charge on any atom is 0.141 e. The van der Waals surface area contributed by atoms with Gasteiger partial charge in [-0.25, -0.2) is 0 Å². The molecule has 0 heterocycles. The van der Waals surface area contributed by atoms with Gasteiger partial charge in [0.05, 0.1) is 6.61 Å². The zero-order valence-electron chi connectivity index (χ0n) is 10.2. The van der Waals surface area contributed by atoms with Crippen molar-refractivity contribution >= 4 is 5.84 Å². The molecule has 1 aliphatic rings. The van der Waals surface area contributed by atoms with Crippen LogP contribution in [0.25, 0.3) is 0 Å². The van der Waals surface area contributed by atoms with E-state index < -0.39 is 0 Å². The zero-order chi connectivity index (χ0) is 13.0. The van der Waals surface area contributed by atoms with E-state index in [1.165, 1.54) is 0 Å². The van der Waals surface area contributed by atoms with Gasteiger partial charge < -0.3 is 21.4 Å². The SMILES string of the molecule is N/C(CC(NC1(CO)CC1)c1ccccc1)=N/O. The second kappa shape index (κ2) is 5.37. The fourth-order valence-electron chi connectivity index (χ4n) is 2.06. The smallest absolute Gasteiger partial charge is 0.141 e. The van der Waals surface area contributed by atoms with E-state index in [4.69, 9.17) is 10.9 Å². The van der Waals surface area contributed by atoms with E-state index in [0.29, 0.717) is 6.42 Å². The molecule has 2 rings (SSSR count). The van der Waals surface area contributed by atoms with Crippen LogP contribution in [0.4, 0.5) is 0 Å². The molecule has 1 aliphatic carbocycles. The highest BCUT2D eigenvalue weighted by Gasteiger charge is 2.43. The molecule has 5 nitrogen and oxygen atoms in total. The van der Waals surface area contributed by atoms with Gasteiger partial charge in [-0.05, 0) is 18.4 Å². The monoisotopic (exact) mass is 249 g/mol. The Morgan fingerprint density at radius 3 is 2.56 bits per heavy atom. The summed E-state index contributed by atoms with van der Waals surface area (Å²) < 4.78 is 0. The first-order valence-electron chi connectivity index (χ1n) is 6.09. The molecule has 1 saturated carbocycles. The molecule has 5 N–H and O–H groups in total. The van der Waals surface area contributed by atoms with Crippen molar-refractivity contribution in [1.82, 2.24) is 5.32 Å². The average Bonchev–Trinajstić information content (AvgIpc) is 3.19.